The Balaban J connectivity index is 3.04. The number of aromatic nitrogens is 1. The number of hydrogen-bond acceptors (Lipinski definition) is 0. The molecule has 1 heterocycles. The van der Waals surface area contributed by atoms with Crippen molar-refractivity contribution in [3.63, 3.8) is 0 Å². The van der Waals surface area contributed by atoms with E-state index in [9.17, 15) is 0 Å². The first-order chi connectivity index (χ1) is 4.50. The van der Waals surface area contributed by atoms with E-state index in [2.05, 4.69) is 4.89 Å². The van der Waals surface area contributed by atoms with Crippen molar-refractivity contribution in [1.82, 2.24) is 4.89 Å². The fraction of sp³-hybridized carbons (Fsp3) is 0. The quantitative estimate of drug-likeness (QED) is 0.529. The van der Waals surface area contributed by atoms with Gasteiger partial charge in [0.05, 0.1) is 0 Å². The topological polar surface area (TPSA) is 15.8 Å². The molecule has 1 N–H and O–H groups in total. The molecule has 0 saturated carbocycles. The molecule has 0 radical (unpaired) electrons. The summed E-state index contributed by atoms with van der Waals surface area (Å²) in [6.45, 7) is 0. The molecule has 0 bridgehead atoms. The number of H-pyrrole nitrogens is 1. The Morgan fingerprint density at radius 1 is 0.889 bits per heavy atom. The molecule has 0 aliphatic carbocycles. The molecule has 0 atom stereocenters. The molecule has 9 heavy (non-hydrogen) atoms. The second kappa shape index (κ2) is 3.90. The van der Waals surface area contributed by atoms with Gasteiger partial charge in [0.2, 0.25) is 0 Å². The van der Waals surface area contributed by atoms with Gasteiger partial charge in [0.15, 0.2) is 0 Å². The van der Waals surface area contributed by atoms with Crippen molar-refractivity contribution in [3.05, 3.63) is 42.5 Å². The normalized spacial score (nSPS) is 7.56. The van der Waals surface area contributed by atoms with Crippen LogP contribution in [0.25, 0.3) is 0 Å². The zero-order valence-electron chi connectivity index (χ0n) is 5.12. The van der Waals surface area contributed by atoms with E-state index < -0.39 is 0 Å². The molecule has 2 heteroatoms. The molecule has 0 spiro atoms. The summed E-state index contributed by atoms with van der Waals surface area (Å²) in [4.78, 5) is 2.96. The van der Waals surface area contributed by atoms with Gasteiger partial charge < -0.3 is 0 Å². The third-order valence-corrected chi connectivity index (χ3v) is 0.940. The van der Waals surface area contributed by atoms with Gasteiger partial charge in [0, 0.05) is 0 Å². The van der Waals surface area contributed by atoms with Crippen LogP contribution in [0.1, 0.15) is 0 Å². The third-order valence-electron chi connectivity index (χ3n) is 0.940. The van der Waals surface area contributed by atoms with E-state index in [1.165, 1.54) is 0 Å². The first kappa shape index (κ1) is 6.08. The fourth-order valence-electron chi connectivity index (χ4n) is 0.534. The minimum atomic E-state index is 1.88. The third kappa shape index (κ3) is 2.70. The molecule has 0 aliphatic heterocycles. The van der Waals surface area contributed by atoms with E-state index in [1.807, 2.05) is 49.5 Å². The van der Waals surface area contributed by atoms with Crippen LogP contribution in [0, 0.1) is 0 Å². The van der Waals surface area contributed by atoms with Crippen molar-refractivity contribution in [3.8, 4) is 0 Å². The van der Waals surface area contributed by atoms with Gasteiger partial charge in [-0.15, -0.1) is 0 Å². The van der Waals surface area contributed by atoms with Crippen LogP contribution in [0.3, 0.4) is 0 Å². The summed E-state index contributed by atoms with van der Waals surface area (Å²) in [5.74, 6) is 1.94. The van der Waals surface area contributed by atoms with Crippen LogP contribution < -0.4 is 0 Å². The number of nitrogens with one attached hydrogen (secondary N) is 1. The maximum atomic E-state index is 2.96. The van der Waals surface area contributed by atoms with Crippen molar-refractivity contribution in [2.45, 2.75) is 0 Å². The summed E-state index contributed by atoms with van der Waals surface area (Å²) in [5, 5.41) is 0. The molecule has 1 aromatic heterocycles. The van der Waals surface area contributed by atoms with Crippen molar-refractivity contribution < 1.29 is 0 Å². The zero-order chi connectivity index (χ0) is 6.36. The van der Waals surface area contributed by atoms with E-state index in [1.54, 1.807) is 0 Å². The number of hydrogen-bond donors (Lipinski definition) is 1. The molecule has 0 aromatic carbocycles. The average molecular weight is 117 g/mol. The molecule has 1 nitrogen and oxygen atoms in total. The Morgan fingerprint density at radius 3 is 2.67 bits per heavy atom. The van der Waals surface area contributed by atoms with Gasteiger partial charge in [-0.05, 0) is 0 Å². The molecule has 0 unspecified atom stereocenters. The Labute approximate surface area is 55.3 Å². The summed E-state index contributed by atoms with van der Waals surface area (Å²) in [7, 11) is 1.88. The van der Waals surface area contributed by atoms with E-state index in [0.29, 0.717) is 0 Å². The first-order valence-corrected chi connectivity index (χ1v) is 2.91. The van der Waals surface area contributed by atoms with Gasteiger partial charge in [-0.3, -0.25) is 0 Å². The minimum absolute atomic E-state index is 1.88. The van der Waals surface area contributed by atoms with E-state index in [0.717, 1.165) is 0 Å². The van der Waals surface area contributed by atoms with E-state index >= 15 is 0 Å². The van der Waals surface area contributed by atoms with Gasteiger partial charge in [0.1, 0.15) is 0 Å². The van der Waals surface area contributed by atoms with Crippen LogP contribution in [0.2, 0.25) is 0 Å². The van der Waals surface area contributed by atoms with Crippen LogP contribution in [-0.2, 0) is 0 Å². The standard InChI is InChI=1S/C7H8BN/c1-2-4-6-8-9-7-5-3-1/h1-7,9H. The predicted octanol–water partition coefficient (Wildman–Crippen LogP) is 1.48. The monoisotopic (exact) mass is 117 g/mol. The Hall–Kier alpha value is -1.05. The number of rotatable bonds is 0. The number of aromatic amines is 1. The zero-order valence-corrected chi connectivity index (χ0v) is 5.12. The molecular formula is C7H8BN. The Bertz CT molecular complexity index is 131. The van der Waals surface area contributed by atoms with Crippen LogP contribution in [0.15, 0.2) is 42.5 Å². The second-order valence-electron chi connectivity index (χ2n) is 1.65. The summed E-state index contributed by atoms with van der Waals surface area (Å²) in [5.41, 5.74) is 0. The van der Waals surface area contributed by atoms with Crippen LogP contribution in [0.4, 0.5) is 0 Å². The van der Waals surface area contributed by atoms with Gasteiger partial charge in [-0.25, -0.2) is 0 Å². The molecule has 0 fully saturated rings. The molecular weight excluding hydrogens is 109 g/mol. The summed E-state index contributed by atoms with van der Waals surface area (Å²) >= 11 is 0. The Kier molecular flexibility index (Phi) is 2.63. The fourth-order valence-corrected chi connectivity index (χ4v) is 0.534. The van der Waals surface area contributed by atoms with Crippen LogP contribution >= 0.6 is 0 Å². The van der Waals surface area contributed by atoms with Gasteiger partial charge in [0.25, 0.3) is 0 Å². The van der Waals surface area contributed by atoms with E-state index in [4.69, 9.17) is 0 Å². The van der Waals surface area contributed by atoms with Crippen molar-refractivity contribution >= 4 is 7.05 Å². The van der Waals surface area contributed by atoms with Gasteiger partial charge in [-0.2, -0.15) is 0 Å². The molecule has 0 amide bonds. The van der Waals surface area contributed by atoms with Crippen molar-refractivity contribution in [2.24, 2.45) is 0 Å². The Morgan fingerprint density at radius 2 is 1.67 bits per heavy atom. The molecule has 44 valence electrons. The second-order valence-corrected chi connectivity index (χ2v) is 1.65. The maximum absolute atomic E-state index is 2.96. The molecule has 1 aromatic rings. The van der Waals surface area contributed by atoms with E-state index in [-0.39, 0.29) is 0 Å². The average Bonchev–Trinajstić information content (AvgIpc) is 2.00. The molecule has 0 saturated heterocycles. The molecule has 1 rings (SSSR count). The van der Waals surface area contributed by atoms with Crippen molar-refractivity contribution in [2.75, 3.05) is 0 Å². The van der Waals surface area contributed by atoms with Gasteiger partial charge in [-0.1, -0.05) is 0 Å². The van der Waals surface area contributed by atoms with Gasteiger partial charge >= 0.3 is 54.4 Å². The first-order valence-electron chi connectivity index (χ1n) is 2.91. The molecule has 0 aliphatic rings. The summed E-state index contributed by atoms with van der Waals surface area (Å²) < 4.78 is 0. The predicted molar refractivity (Wildman–Crippen MR) is 39.8 cm³/mol. The SMILES string of the molecule is b1ccccccc[nH]1. The summed E-state index contributed by atoms with van der Waals surface area (Å²) in [6, 6.07) is 9.84. The van der Waals surface area contributed by atoms with Crippen molar-refractivity contribution in [1.29, 1.82) is 0 Å². The summed E-state index contributed by atoms with van der Waals surface area (Å²) in [6.07, 6.45) is 1.88. The van der Waals surface area contributed by atoms with Crippen LogP contribution in [0.5, 0.6) is 0 Å². The van der Waals surface area contributed by atoms with Crippen LogP contribution in [-0.4, -0.2) is 11.9 Å².